The molecule has 0 aliphatic rings. The number of carboxylic acid groups (broad SMARTS) is 1. The third kappa shape index (κ3) is 21.2. The largest absolute Gasteiger partial charge is 0.508 e. The van der Waals surface area contributed by atoms with Gasteiger partial charge in [0.05, 0.1) is 6.04 Å². The number of phenolic OH excluding ortho intramolecular Hbond substituents is 1. The number of nitro groups is 1. The molecule has 0 unspecified atom stereocenters. The van der Waals surface area contributed by atoms with Crippen LogP contribution in [-0.2, 0) is 48.2 Å². The van der Waals surface area contributed by atoms with E-state index in [2.05, 4.69) is 26.3 Å². The van der Waals surface area contributed by atoms with Crippen molar-refractivity contribution in [2.45, 2.75) is 95.7 Å². The minimum Gasteiger partial charge on any atom is -0.508 e. The molecule has 21 nitrogen and oxygen atoms in total. The van der Waals surface area contributed by atoms with Gasteiger partial charge in [-0.05, 0) is 92.3 Å². The Labute approximate surface area is 377 Å². The lowest BCUT2D eigenvalue weighted by Crippen LogP contribution is -2.58. The minimum absolute atomic E-state index is 0.00583. The number of guanidine groups is 1. The first-order valence-corrected chi connectivity index (χ1v) is 20.3. The van der Waals surface area contributed by atoms with Gasteiger partial charge in [-0.25, -0.2) is 24.7 Å². The second-order valence-electron chi connectivity index (χ2n) is 14.7. The molecule has 3 aromatic rings. The van der Waals surface area contributed by atoms with Crippen LogP contribution in [0.5, 0.6) is 5.75 Å². The number of rotatable bonds is 23. The van der Waals surface area contributed by atoms with Gasteiger partial charge in [0.2, 0.25) is 23.6 Å². The number of nitrogens with one attached hydrogen (secondary N) is 5. The van der Waals surface area contributed by atoms with Gasteiger partial charge in [0.15, 0.2) is 5.03 Å². The van der Waals surface area contributed by atoms with Crippen LogP contribution in [0.15, 0.2) is 77.8 Å². The standard InChI is InChI=1S/C40H54N10O9.C2HF3O2/c1-25-20-29(51)21-26(2)30(25)23-31(41)36(53)47-33(17-11-19-44-39(43)49-50(57)58)37(54)48-34(22-27-12-5-3-6-13-27)38(55)46-32(35(42)52)16-9-10-18-45-40(56)59-24-28-14-7-4-8-15-28;3-2(4,5)1(6)7/h3-8,12-15,20-21,31-34,51H,9-11,16-19,22-24,41H2,1-2H3,(H2,42,52)(H,45,56)(H,46,55)(H,47,53)(H,48,54)(H3,43,44,49);(H,6,7)/t31-,32-,33+,34-;/m0./s1. The van der Waals surface area contributed by atoms with Crippen molar-refractivity contribution in [1.82, 2.24) is 26.7 Å². The van der Waals surface area contributed by atoms with Gasteiger partial charge in [-0.15, -0.1) is 0 Å². The van der Waals surface area contributed by atoms with E-state index in [-0.39, 0.29) is 57.6 Å². The average Bonchev–Trinajstić information content (AvgIpc) is 3.24. The molecule has 4 atom stereocenters. The summed E-state index contributed by atoms with van der Waals surface area (Å²) in [5.74, 6) is -6.08. The first-order valence-electron chi connectivity index (χ1n) is 20.3. The summed E-state index contributed by atoms with van der Waals surface area (Å²) in [5, 5.41) is 37.5. The first kappa shape index (κ1) is 54.6. The summed E-state index contributed by atoms with van der Waals surface area (Å²) < 4.78 is 36.9. The molecule has 0 fully saturated rings. The number of aliphatic imine (C=N–C) groups is 1. The fourth-order valence-electron chi connectivity index (χ4n) is 6.10. The van der Waals surface area contributed by atoms with Crippen LogP contribution < -0.4 is 43.9 Å². The lowest BCUT2D eigenvalue weighted by Gasteiger charge is -2.26. The molecular formula is C42H55F3N10O11. The van der Waals surface area contributed by atoms with E-state index in [4.69, 9.17) is 31.8 Å². The summed E-state index contributed by atoms with van der Waals surface area (Å²) in [4.78, 5) is 89.2. The summed E-state index contributed by atoms with van der Waals surface area (Å²) in [5.41, 5.74) is 22.9. The molecule has 3 aromatic carbocycles. The van der Waals surface area contributed by atoms with E-state index in [1.54, 1.807) is 61.7 Å². The molecule has 0 bridgehead atoms. The van der Waals surface area contributed by atoms with Gasteiger partial charge in [0.25, 0.3) is 5.96 Å². The first-order chi connectivity index (χ1) is 31.1. The maximum Gasteiger partial charge on any atom is 0.490 e. The number of aryl methyl sites for hydroxylation is 2. The Balaban J connectivity index is 0.00000197. The fourth-order valence-corrected chi connectivity index (χ4v) is 6.10. The molecule has 0 heterocycles. The van der Waals surface area contributed by atoms with Crippen molar-refractivity contribution in [2.75, 3.05) is 13.1 Å². The van der Waals surface area contributed by atoms with Gasteiger partial charge in [0, 0.05) is 19.5 Å². The fraction of sp³-hybridized carbons (Fsp3) is 0.405. The molecule has 0 saturated heterocycles. The third-order valence-electron chi connectivity index (χ3n) is 9.43. The lowest BCUT2D eigenvalue weighted by molar-refractivity contribution is -0.525. The van der Waals surface area contributed by atoms with Crippen molar-refractivity contribution in [3.63, 3.8) is 0 Å². The van der Waals surface area contributed by atoms with Gasteiger partial charge >= 0.3 is 18.2 Å². The number of aromatic hydroxyl groups is 1. The summed E-state index contributed by atoms with van der Waals surface area (Å²) >= 11 is 0. The maximum atomic E-state index is 14.0. The summed E-state index contributed by atoms with van der Waals surface area (Å²) in [6.45, 7) is 3.84. The number of unbranched alkanes of at least 4 members (excludes halogenated alkanes) is 1. The van der Waals surface area contributed by atoms with Crippen molar-refractivity contribution in [3.8, 4) is 5.75 Å². The van der Waals surface area contributed by atoms with E-state index in [1.165, 1.54) is 0 Å². The second-order valence-corrected chi connectivity index (χ2v) is 14.7. The maximum absolute atomic E-state index is 14.0. The van der Waals surface area contributed by atoms with Crippen LogP contribution in [0.1, 0.15) is 59.9 Å². The Kier molecular flexibility index (Phi) is 22.9. The van der Waals surface area contributed by atoms with Crippen molar-refractivity contribution >= 4 is 41.7 Å². The normalized spacial score (nSPS) is 13.0. The van der Waals surface area contributed by atoms with Crippen molar-refractivity contribution in [3.05, 3.63) is 111 Å². The number of carbonyl (C=O) groups is 6. The number of carboxylic acids is 1. The number of ether oxygens (including phenoxy) is 1. The molecule has 3 rings (SSSR count). The Hall–Kier alpha value is -7.50. The Morgan fingerprint density at radius 2 is 1.30 bits per heavy atom. The number of hydrazine groups is 1. The number of nitrogens with zero attached hydrogens (tertiary/aromatic N) is 2. The van der Waals surface area contributed by atoms with Gasteiger partial charge in [-0.3, -0.25) is 19.2 Å². The molecule has 0 spiro atoms. The van der Waals surface area contributed by atoms with Gasteiger partial charge in [-0.1, -0.05) is 66.1 Å². The topological polar surface area (TPSA) is 346 Å². The van der Waals surface area contributed by atoms with Gasteiger partial charge < -0.3 is 53.4 Å². The number of alkyl halides is 3. The minimum atomic E-state index is -5.08. The molecule has 0 aromatic heterocycles. The van der Waals surface area contributed by atoms with Crippen molar-refractivity contribution < 1.29 is 61.9 Å². The molecule has 0 saturated carbocycles. The Bertz CT molecular complexity index is 2110. The number of hydrogen-bond donors (Lipinski definition) is 10. The highest BCUT2D eigenvalue weighted by Gasteiger charge is 2.38. The van der Waals surface area contributed by atoms with E-state index in [0.29, 0.717) is 18.4 Å². The number of halogens is 3. The predicted octanol–water partition coefficient (Wildman–Crippen LogP) is 1.67. The van der Waals surface area contributed by atoms with Crippen LogP contribution in [0.3, 0.4) is 0 Å². The molecule has 360 valence electrons. The highest BCUT2D eigenvalue weighted by atomic mass is 19.4. The number of nitrogens with two attached hydrogens (primary N) is 3. The molecule has 0 aliphatic carbocycles. The number of alkyl carbamates (subject to hydrolysis) is 1. The van der Waals surface area contributed by atoms with Crippen LogP contribution in [-0.4, -0.2) is 100 Å². The van der Waals surface area contributed by atoms with E-state index >= 15 is 0 Å². The van der Waals surface area contributed by atoms with Gasteiger partial charge in [0.1, 0.15) is 30.5 Å². The summed E-state index contributed by atoms with van der Waals surface area (Å²) in [6.07, 6.45) is -4.52. The van der Waals surface area contributed by atoms with E-state index in [9.17, 15) is 52.4 Å². The highest BCUT2D eigenvalue weighted by molar-refractivity contribution is 5.94. The van der Waals surface area contributed by atoms with Gasteiger partial charge in [-0.2, -0.15) is 13.2 Å². The molecule has 0 aliphatic heterocycles. The number of amides is 5. The molecule has 0 radical (unpaired) electrons. The monoisotopic (exact) mass is 932 g/mol. The molecular weight excluding hydrogens is 878 g/mol. The number of carbonyl (C=O) groups excluding carboxylic acids is 5. The van der Waals surface area contributed by atoms with Crippen molar-refractivity contribution in [2.24, 2.45) is 22.2 Å². The zero-order valence-corrected chi connectivity index (χ0v) is 36.1. The second kappa shape index (κ2) is 27.6. The number of hydrogen-bond acceptors (Lipinski definition) is 12. The molecule has 66 heavy (non-hydrogen) atoms. The van der Waals surface area contributed by atoms with Crippen LogP contribution >= 0.6 is 0 Å². The quantitative estimate of drug-likeness (QED) is 0.0213. The Morgan fingerprint density at radius 3 is 1.85 bits per heavy atom. The smallest absolute Gasteiger partial charge is 0.490 e. The average molecular weight is 933 g/mol. The number of aliphatic carboxylic acids is 1. The van der Waals surface area contributed by atoms with E-state index in [1.807, 2.05) is 30.3 Å². The molecule has 13 N–H and O–H groups in total. The van der Waals surface area contributed by atoms with Crippen LogP contribution in [0.25, 0.3) is 0 Å². The van der Waals surface area contributed by atoms with Crippen molar-refractivity contribution in [1.29, 1.82) is 0 Å². The number of phenols is 1. The number of primary amides is 1. The summed E-state index contributed by atoms with van der Waals surface area (Å²) in [7, 11) is 0. The van der Waals surface area contributed by atoms with Crippen LogP contribution in [0.2, 0.25) is 0 Å². The van der Waals surface area contributed by atoms with E-state index in [0.717, 1.165) is 22.3 Å². The predicted molar refractivity (Wildman–Crippen MR) is 232 cm³/mol. The van der Waals surface area contributed by atoms with Crippen LogP contribution in [0, 0.1) is 24.0 Å². The van der Waals surface area contributed by atoms with E-state index < -0.39 is 77.0 Å². The SMILES string of the molecule is Cc1cc(O)cc(C)c1C[C@H](N)C(=O)N[C@H](CCCN=C(N)N[N+](=O)[O-])C(=O)N[C@@H](Cc1ccccc1)C(=O)N[C@@H](CCCCNC(=O)OCc1ccccc1)C(N)=O.O=C(O)C(F)(F)F. The zero-order valence-electron chi connectivity index (χ0n) is 36.1. The summed E-state index contributed by atoms with van der Waals surface area (Å²) in [6, 6.07) is 16.4. The Morgan fingerprint density at radius 1 is 0.788 bits per heavy atom. The molecule has 5 amide bonds. The lowest BCUT2D eigenvalue weighted by atomic mass is 9.95. The number of benzene rings is 3. The third-order valence-corrected chi connectivity index (χ3v) is 9.43. The zero-order chi connectivity index (χ0) is 49.4. The highest BCUT2D eigenvalue weighted by Crippen LogP contribution is 2.22. The molecule has 24 heteroatoms. The van der Waals surface area contributed by atoms with Crippen LogP contribution in [0.4, 0.5) is 18.0 Å².